The molecule has 0 saturated heterocycles. The molecule has 1 rings (SSSR count). The Morgan fingerprint density at radius 1 is 1.43 bits per heavy atom. The van der Waals surface area contributed by atoms with Gasteiger partial charge in [-0.15, -0.1) is 11.6 Å². The molecule has 76 valence electrons. The van der Waals surface area contributed by atoms with Crippen molar-refractivity contribution in [2.45, 2.75) is 18.2 Å². The van der Waals surface area contributed by atoms with Crippen LogP contribution in [0.2, 0.25) is 0 Å². The molecule has 14 heavy (non-hydrogen) atoms. The van der Waals surface area contributed by atoms with Crippen molar-refractivity contribution in [3.63, 3.8) is 0 Å². The van der Waals surface area contributed by atoms with Gasteiger partial charge in [-0.1, -0.05) is 35.5 Å². The summed E-state index contributed by atoms with van der Waals surface area (Å²) in [5.41, 5.74) is 1.15. The molecule has 1 unspecified atom stereocenters. The topological polar surface area (TPSA) is 21.6 Å². The summed E-state index contributed by atoms with van der Waals surface area (Å²) in [5, 5.41) is 3.71. The van der Waals surface area contributed by atoms with E-state index in [0.717, 1.165) is 18.4 Å². The molecule has 0 aliphatic rings. The number of hydrogen-bond donors (Lipinski definition) is 0. The van der Waals surface area contributed by atoms with E-state index in [1.807, 2.05) is 30.3 Å². The van der Waals surface area contributed by atoms with Gasteiger partial charge in [0.05, 0.1) is 5.38 Å². The third-order valence-electron chi connectivity index (χ3n) is 1.89. The highest BCUT2D eigenvalue weighted by Gasteiger charge is 2.05. The number of hydrogen-bond acceptors (Lipinski definition) is 2. The predicted molar refractivity (Wildman–Crippen MR) is 59.8 cm³/mol. The summed E-state index contributed by atoms with van der Waals surface area (Å²) >= 11 is 6.18. The van der Waals surface area contributed by atoms with Gasteiger partial charge in [0.15, 0.2) is 0 Å². The van der Waals surface area contributed by atoms with Crippen LogP contribution in [0, 0.1) is 0 Å². The Kier molecular flexibility index (Phi) is 5.08. The van der Waals surface area contributed by atoms with Gasteiger partial charge in [0.1, 0.15) is 7.11 Å². The summed E-state index contributed by atoms with van der Waals surface area (Å²) in [4.78, 5) is 4.56. The quantitative estimate of drug-likeness (QED) is 0.416. The van der Waals surface area contributed by atoms with E-state index in [2.05, 4.69) is 9.99 Å². The minimum Gasteiger partial charge on any atom is -0.399 e. The summed E-state index contributed by atoms with van der Waals surface area (Å²) in [5.74, 6) is 0. The summed E-state index contributed by atoms with van der Waals surface area (Å²) in [7, 11) is 1.53. The van der Waals surface area contributed by atoms with Crippen molar-refractivity contribution in [2.24, 2.45) is 5.16 Å². The number of benzene rings is 1. The Morgan fingerprint density at radius 3 is 2.79 bits per heavy atom. The molecular weight excluding hydrogens is 198 g/mol. The van der Waals surface area contributed by atoms with Crippen molar-refractivity contribution in [3.05, 3.63) is 35.9 Å². The summed E-state index contributed by atoms with van der Waals surface area (Å²) < 4.78 is 0. The van der Waals surface area contributed by atoms with Gasteiger partial charge in [-0.2, -0.15) is 0 Å². The Morgan fingerprint density at radius 2 is 2.14 bits per heavy atom. The standard InChI is InChI=1S/C11H14ClNO/c1-14-13-9-5-8-11(12)10-6-3-2-4-7-10/h2-4,6-7,9,11H,5,8H2,1H3/b13-9+. The minimum atomic E-state index is 0.0551. The molecule has 0 aromatic heterocycles. The van der Waals surface area contributed by atoms with Crippen LogP contribution in [0.1, 0.15) is 23.8 Å². The second-order valence-electron chi connectivity index (χ2n) is 2.93. The highest BCUT2D eigenvalue weighted by Crippen LogP contribution is 2.24. The lowest BCUT2D eigenvalue weighted by atomic mass is 10.1. The Bertz CT molecular complexity index is 274. The van der Waals surface area contributed by atoms with E-state index in [4.69, 9.17) is 11.6 Å². The van der Waals surface area contributed by atoms with Crippen LogP contribution < -0.4 is 0 Å². The number of alkyl halides is 1. The molecule has 1 aromatic rings. The highest BCUT2D eigenvalue weighted by atomic mass is 35.5. The van der Waals surface area contributed by atoms with Crippen LogP contribution >= 0.6 is 11.6 Å². The first kappa shape index (κ1) is 11.1. The van der Waals surface area contributed by atoms with Crippen molar-refractivity contribution < 1.29 is 4.84 Å². The third kappa shape index (κ3) is 3.79. The van der Waals surface area contributed by atoms with E-state index in [0.29, 0.717) is 0 Å². The number of nitrogens with zero attached hydrogens (tertiary/aromatic N) is 1. The van der Waals surface area contributed by atoms with Gasteiger partial charge in [0, 0.05) is 6.21 Å². The lowest BCUT2D eigenvalue weighted by molar-refractivity contribution is 0.214. The predicted octanol–water partition coefficient (Wildman–Crippen LogP) is 3.38. The molecule has 0 amide bonds. The molecule has 1 atom stereocenters. The van der Waals surface area contributed by atoms with Crippen molar-refractivity contribution in [1.29, 1.82) is 0 Å². The highest BCUT2D eigenvalue weighted by molar-refractivity contribution is 6.20. The van der Waals surface area contributed by atoms with Gasteiger partial charge in [-0.05, 0) is 18.4 Å². The fraction of sp³-hybridized carbons (Fsp3) is 0.364. The molecule has 0 aliphatic heterocycles. The molecule has 0 aliphatic carbocycles. The third-order valence-corrected chi connectivity index (χ3v) is 2.36. The van der Waals surface area contributed by atoms with Crippen molar-refractivity contribution in [1.82, 2.24) is 0 Å². The zero-order valence-corrected chi connectivity index (χ0v) is 8.95. The second kappa shape index (κ2) is 6.44. The van der Waals surface area contributed by atoms with Crippen LogP contribution in [0.25, 0.3) is 0 Å². The van der Waals surface area contributed by atoms with Gasteiger partial charge in [0.2, 0.25) is 0 Å². The molecule has 1 aromatic carbocycles. The van der Waals surface area contributed by atoms with Crippen molar-refractivity contribution >= 4 is 17.8 Å². The van der Waals surface area contributed by atoms with E-state index >= 15 is 0 Å². The van der Waals surface area contributed by atoms with E-state index in [-0.39, 0.29) is 5.38 Å². The fourth-order valence-corrected chi connectivity index (χ4v) is 1.45. The molecule has 0 bridgehead atoms. The first-order chi connectivity index (χ1) is 6.84. The molecule has 0 saturated carbocycles. The number of halogens is 1. The van der Waals surface area contributed by atoms with E-state index in [9.17, 15) is 0 Å². The van der Waals surface area contributed by atoms with Crippen LogP contribution in [-0.2, 0) is 4.84 Å². The first-order valence-electron chi connectivity index (χ1n) is 4.58. The van der Waals surface area contributed by atoms with E-state index < -0.39 is 0 Å². The SMILES string of the molecule is CO/N=C/CCC(Cl)c1ccccc1. The van der Waals surface area contributed by atoms with Crippen molar-refractivity contribution in [2.75, 3.05) is 7.11 Å². The lowest BCUT2D eigenvalue weighted by Crippen LogP contribution is -1.90. The summed E-state index contributed by atoms with van der Waals surface area (Å²) in [6.45, 7) is 0. The van der Waals surface area contributed by atoms with Crippen LogP contribution in [0.15, 0.2) is 35.5 Å². The monoisotopic (exact) mass is 211 g/mol. The normalized spacial score (nSPS) is 13.0. The van der Waals surface area contributed by atoms with Crippen molar-refractivity contribution in [3.8, 4) is 0 Å². The maximum absolute atomic E-state index is 6.18. The van der Waals surface area contributed by atoms with Crippen LogP contribution in [0.5, 0.6) is 0 Å². The molecule has 0 N–H and O–H groups in total. The summed E-state index contributed by atoms with van der Waals surface area (Å²) in [6.07, 6.45) is 3.44. The van der Waals surface area contributed by atoms with Crippen LogP contribution in [-0.4, -0.2) is 13.3 Å². The van der Waals surface area contributed by atoms with Crippen LogP contribution in [0.3, 0.4) is 0 Å². The minimum absolute atomic E-state index is 0.0551. The van der Waals surface area contributed by atoms with Gasteiger partial charge in [-0.25, -0.2) is 0 Å². The maximum atomic E-state index is 6.18. The average Bonchev–Trinajstić information content (AvgIpc) is 2.25. The fourth-order valence-electron chi connectivity index (χ4n) is 1.18. The second-order valence-corrected chi connectivity index (χ2v) is 3.45. The van der Waals surface area contributed by atoms with Gasteiger partial charge in [-0.3, -0.25) is 0 Å². The molecule has 2 nitrogen and oxygen atoms in total. The van der Waals surface area contributed by atoms with E-state index in [1.54, 1.807) is 6.21 Å². The Balaban J connectivity index is 2.36. The summed E-state index contributed by atoms with van der Waals surface area (Å²) in [6, 6.07) is 10.0. The average molecular weight is 212 g/mol. The lowest BCUT2D eigenvalue weighted by Gasteiger charge is -2.06. The molecule has 0 radical (unpaired) electrons. The van der Waals surface area contributed by atoms with Gasteiger partial charge >= 0.3 is 0 Å². The molecule has 3 heteroatoms. The van der Waals surface area contributed by atoms with Gasteiger partial charge < -0.3 is 4.84 Å². The smallest absolute Gasteiger partial charge is 0.106 e. The largest absolute Gasteiger partial charge is 0.399 e. The Labute approximate surface area is 89.5 Å². The zero-order chi connectivity index (χ0) is 10.2. The number of oxime groups is 1. The van der Waals surface area contributed by atoms with E-state index in [1.165, 1.54) is 7.11 Å². The first-order valence-corrected chi connectivity index (χ1v) is 5.02. The molecule has 0 fully saturated rings. The molecule has 0 heterocycles. The molecule has 0 spiro atoms. The maximum Gasteiger partial charge on any atom is 0.106 e. The van der Waals surface area contributed by atoms with Crippen LogP contribution in [0.4, 0.5) is 0 Å². The Hall–Kier alpha value is -1.02. The van der Waals surface area contributed by atoms with Gasteiger partial charge in [0.25, 0.3) is 0 Å². The zero-order valence-electron chi connectivity index (χ0n) is 8.19. The molecular formula is C11H14ClNO. The number of rotatable bonds is 5.